The highest BCUT2D eigenvalue weighted by Gasteiger charge is 2.13. The molecule has 0 aliphatic carbocycles. The molecule has 0 atom stereocenters. The summed E-state index contributed by atoms with van der Waals surface area (Å²) in [7, 11) is 1.74. The fourth-order valence-corrected chi connectivity index (χ4v) is 2.72. The molecule has 0 saturated carbocycles. The first-order chi connectivity index (χ1) is 8.10. The summed E-state index contributed by atoms with van der Waals surface area (Å²) in [6, 6.07) is 6.93. The summed E-state index contributed by atoms with van der Waals surface area (Å²) in [5.41, 5.74) is 2.50. The van der Waals surface area contributed by atoms with Gasteiger partial charge in [-0.1, -0.05) is 22.0 Å². The van der Waals surface area contributed by atoms with Crippen molar-refractivity contribution in [1.82, 2.24) is 0 Å². The minimum atomic E-state index is 0.455. The van der Waals surface area contributed by atoms with E-state index in [1.54, 1.807) is 7.11 Å². The summed E-state index contributed by atoms with van der Waals surface area (Å²) in [6.07, 6.45) is 0. The first-order valence-corrected chi connectivity index (χ1v) is 7.61. The molecule has 0 N–H and O–H groups in total. The third-order valence-electron chi connectivity index (χ3n) is 2.64. The largest absolute Gasteiger partial charge is 0.383 e. The Morgan fingerprint density at radius 1 is 1.35 bits per heavy atom. The Morgan fingerprint density at radius 3 is 2.53 bits per heavy atom. The molecule has 0 heterocycles. The van der Waals surface area contributed by atoms with Gasteiger partial charge in [0.15, 0.2) is 0 Å². The molecule has 0 bridgehead atoms. The summed E-state index contributed by atoms with van der Waals surface area (Å²) in [5.74, 6) is 0. The van der Waals surface area contributed by atoms with E-state index in [0.29, 0.717) is 6.04 Å². The van der Waals surface area contributed by atoms with Gasteiger partial charge in [0.2, 0.25) is 0 Å². The van der Waals surface area contributed by atoms with E-state index in [-0.39, 0.29) is 0 Å². The van der Waals surface area contributed by atoms with Gasteiger partial charge in [0.1, 0.15) is 0 Å². The monoisotopic (exact) mass is 363 g/mol. The average molecular weight is 365 g/mol. The summed E-state index contributed by atoms with van der Waals surface area (Å²) < 4.78 is 6.30. The Bertz CT molecular complexity index is 355. The standard InChI is InChI=1S/C13H19Br2NO/c1-10(2)16(6-7-17-3)13-5-4-11(9-14)8-12(13)15/h4-5,8,10H,6-7,9H2,1-3H3. The number of anilines is 1. The molecule has 0 aliphatic heterocycles. The quantitative estimate of drug-likeness (QED) is 0.701. The lowest BCUT2D eigenvalue weighted by atomic mass is 10.2. The van der Waals surface area contributed by atoms with E-state index in [0.717, 1.165) is 23.0 Å². The van der Waals surface area contributed by atoms with Gasteiger partial charge < -0.3 is 9.64 Å². The molecule has 0 unspecified atom stereocenters. The minimum Gasteiger partial charge on any atom is -0.383 e. The van der Waals surface area contributed by atoms with Crippen molar-refractivity contribution in [3.05, 3.63) is 28.2 Å². The van der Waals surface area contributed by atoms with Crippen LogP contribution in [0.15, 0.2) is 22.7 Å². The highest BCUT2D eigenvalue weighted by atomic mass is 79.9. The molecule has 0 aromatic heterocycles. The Hall–Kier alpha value is -0.0600. The fraction of sp³-hybridized carbons (Fsp3) is 0.538. The summed E-state index contributed by atoms with van der Waals surface area (Å²) in [4.78, 5) is 2.34. The van der Waals surface area contributed by atoms with Crippen LogP contribution in [0.5, 0.6) is 0 Å². The van der Waals surface area contributed by atoms with Gasteiger partial charge in [-0.15, -0.1) is 0 Å². The van der Waals surface area contributed by atoms with Crippen LogP contribution in [0.2, 0.25) is 0 Å². The topological polar surface area (TPSA) is 12.5 Å². The Kier molecular flexibility index (Phi) is 6.52. The van der Waals surface area contributed by atoms with Crippen LogP contribution in [0.4, 0.5) is 5.69 Å². The molecule has 0 amide bonds. The zero-order chi connectivity index (χ0) is 12.8. The van der Waals surface area contributed by atoms with Gasteiger partial charge in [-0.25, -0.2) is 0 Å². The molecule has 0 aliphatic rings. The van der Waals surface area contributed by atoms with Gasteiger partial charge >= 0.3 is 0 Å². The predicted octanol–water partition coefficient (Wildman–Crippen LogP) is 4.21. The second-order valence-corrected chi connectivity index (χ2v) is 5.61. The maximum Gasteiger partial charge on any atom is 0.0637 e. The van der Waals surface area contributed by atoms with E-state index in [4.69, 9.17) is 4.74 Å². The van der Waals surface area contributed by atoms with Crippen LogP contribution in [0.3, 0.4) is 0 Å². The maximum atomic E-state index is 5.16. The minimum absolute atomic E-state index is 0.455. The molecule has 2 nitrogen and oxygen atoms in total. The molecular weight excluding hydrogens is 346 g/mol. The van der Waals surface area contributed by atoms with Gasteiger partial charge in [-0.2, -0.15) is 0 Å². The molecule has 17 heavy (non-hydrogen) atoms. The normalized spacial score (nSPS) is 10.9. The van der Waals surface area contributed by atoms with Crippen molar-refractivity contribution in [2.45, 2.75) is 25.2 Å². The molecule has 4 heteroatoms. The Morgan fingerprint density at radius 2 is 2.06 bits per heavy atom. The van der Waals surface area contributed by atoms with Crippen LogP contribution in [0.25, 0.3) is 0 Å². The highest BCUT2D eigenvalue weighted by Crippen LogP contribution is 2.29. The Balaban J connectivity index is 2.93. The summed E-state index contributed by atoms with van der Waals surface area (Å²) in [6.45, 7) is 6.03. The van der Waals surface area contributed by atoms with Crippen LogP contribution < -0.4 is 4.90 Å². The van der Waals surface area contributed by atoms with E-state index in [1.165, 1.54) is 11.3 Å². The summed E-state index contributed by atoms with van der Waals surface area (Å²) in [5, 5.41) is 0.881. The van der Waals surface area contributed by atoms with Crippen LogP contribution in [-0.2, 0) is 10.1 Å². The lowest BCUT2D eigenvalue weighted by molar-refractivity contribution is 0.204. The van der Waals surface area contributed by atoms with E-state index >= 15 is 0 Å². The number of alkyl halides is 1. The van der Waals surface area contributed by atoms with Crippen molar-refractivity contribution in [2.75, 3.05) is 25.2 Å². The van der Waals surface area contributed by atoms with Gasteiger partial charge in [-0.3, -0.25) is 0 Å². The Labute approximate surface area is 121 Å². The van der Waals surface area contributed by atoms with Gasteiger partial charge in [-0.05, 0) is 47.5 Å². The second kappa shape index (κ2) is 7.39. The van der Waals surface area contributed by atoms with Crippen LogP contribution in [0.1, 0.15) is 19.4 Å². The number of halogens is 2. The third-order valence-corrected chi connectivity index (χ3v) is 3.92. The van der Waals surface area contributed by atoms with Gasteiger partial charge in [0.25, 0.3) is 0 Å². The molecule has 1 aromatic rings. The van der Waals surface area contributed by atoms with Crippen LogP contribution in [0, 0.1) is 0 Å². The smallest absolute Gasteiger partial charge is 0.0637 e. The zero-order valence-electron chi connectivity index (χ0n) is 10.5. The van der Waals surface area contributed by atoms with Gasteiger partial charge in [0, 0.05) is 29.5 Å². The van der Waals surface area contributed by atoms with Crippen molar-refractivity contribution in [3.8, 4) is 0 Å². The first-order valence-electron chi connectivity index (χ1n) is 5.70. The number of nitrogens with zero attached hydrogens (tertiary/aromatic N) is 1. The van der Waals surface area contributed by atoms with E-state index < -0.39 is 0 Å². The summed E-state index contributed by atoms with van der Waals surface area (Å²) >= 11 is 7.12. The fourth-order valence-electron chi connectivity index (χ4n) is 1.71. The van der Waals surface area contributed by atoms with Crippen molar-refractivity contribution in [2.24, 2.45) is 0 Å². The lowest BCUT2D eigenvalue weighted by Gasteiger charge is -2.30. The maximum absolute atomic E-state index is 5.16. The number of hydrogen-bond acceptors (Lipinski definition) is 2. The van der Waals surface area contributed by atoms with E-state index in [2.05, 4.69) is 68.8 Å². The SMILES string of the molecule is COCCN(c1ccc(CBr)cc1Br)C(C)C. The van der Waals surface area contributed by atoms with Gasteiger partial charge in [0.05, 0.1) is 12.3 Å². The molecule has 0 saturated heterocycles. The second-order valence-electron chi connectivity index (χ2n) is 4.20. The number of methoxy groups -OCH3 is 1. The average Bonchev–Trinajstić information content (AvgIpc) is 2.30. The third kappa shape index (κ3) is 4.27. The zero-order valence-corrected chi connectivity index (χ0v) is 13.7. The van der Waals surface area contributed by atoms with E-state index in [9.17, 15) is 0 Å². The van der Waals surface area contributed by atoms with Crippen LogP contribution in [-0.4, -0.2) is 26.3 Å². The number of hydrogen-bond donors (Lipinski definition) is 0. The highest BCUT2D eigenvalue weighted by molar-refractivity contribution is 9.10. The van der Waals surface area contributed by atoms with Crippen molar-refractivity contribution in [3.63, 3.8) is 0 Å². The van der Waals surface area contributed by atoms with E-state index in [1.807, 2.05) is 0 Å². The first kappa shape index (κ1) is 15.0. The number of rotatable bonds is 6. The van der Waals surface area contributed by atoms with Crippen molar-refractivity contribution < 1.29 is 4.74 Å². The molecule has 96 valence electrons. The molecule has 0 spiro atoms. The van der Waals surface area contributed by atoms with Crippen LogP contribution >= 0.6 is 31.9 Å². The molecule has 1 aromatic carbocycles. The molecular formula is C13H19Br2NO. The van der Waals surface area contributed by atoms with Crippen molar-refractivity contribution in [1.29, 1.82) is 0 Å². The number of benzene rings is 1. The molecule has 1 rings (SSSR count). The molecule has 0 radical (unpaired) electrons. The molecule has 0 fully saturated rings. The predicted molar refractivity (Wildman–Crippen MR) is 81.1 cm³/mol. The number of ether oxygens (including phenoxy) is 1. The lowest BCUT2D eigenvalue weighted by Crippen LogP contribution is -2.34. The van der Waals surface area contributed by atoms with Crippen molar-refractivity contribution >= 4 is 37.5 Å².